The Morgan fingerprint density at radius 2 is 1.19 bits per heavy atom. The number of hydrogen-bond acceptors (Lipinski definition) is 5. The maximum atomic E-state index is 13.0. The molecule has 0 fully saturated rings. The fraction of sp³-hybridized carbons (Fsp3) is 0.300. The van der Waals surface area contributed by atoms with Crippen molar-refractivity contribution in [1.82, 2.24) is 4.90 Å². The van der Waals surface area contributed by atoms with E-state index in [-0.39, 0.29) is 28.9 Å². The Hall–Kier alpha value is -3.02. The fourth-order valence-corrected chi connectivity index (χ4v) is 3.74. The van der Waals surface area contributed by atoms with Crippen LogP contribution in [0.3, 0.4) is 0 Å². The van der Waals surface area contributed by atoms with E-state index in [0.717, 1.165) is 12.8 Å². The molecule has 26 heavy (non-hydrogen) atoms. The lowest BCUT2D eigenvalue weighted by atomic mass is 9.87. The molecule has 2 aromatic rings. The van der Waals surface area contributed by atoms with Crippen molar-refractivity contribution in [1.29, 1.82) is 0 Å². The normalized spacial score (nSPS) is 15.9. The molecule has 132 valence electrons. The number of rotatable bonds is 4. The van der Waals surface area contributed by atoms with Crippen LogP contribution in [0.4, 0.5) is 0 Å². The van der Waals surface area contributed by atoms with Crippen LogP contribution in [0.1, 0.15) is 68.1 Å². The van der Waals surface area contributed by atoms with Gasteiger partial charge in [0.2, 0.25) is 0 Å². The molecule has 6 nitrogen and oxygen atoms in total. The zero-order valence-electron chi connectivity index (χ0n) is 14.5. The van der Waals surface area contributed by atoms with Crippen molar-refractivity contribution >= 4 is 34.5 Å². The molecule has 6 heteroatoms. The number of carbonyl (C=O) groups is 4. The van der Waals surface area contributed by atoms with Crippen LogP contribution < -0.4 is 0 Å². The van der Waals surface area contributed by atoms with Gasteiger partial charge in [-0.3, -0.25) is 14.5 Å². The summed E-state index contributed by atoms with van der Waals surface area (Å²) in [5.74, 6) is -2.06. The fourth-order valence-electron chi connectivity index (χ4n) is 3.74. The lowest BCUT2D eigenvalue weighted by Gasteiger charge is -2.31. The predicted molar refractivity (Wildman–Crippen MR) is 93.1 cm³/mol. The summed E-state index contributed by atoms with van der Waals surface area (Å²) in [5, 5.41) is 0.714. The van der Waals surface area contributed by atoms with E-state index < -0.39 is 11.9 Å². The van der Waals surface area contributed by atoms with Crippen molar-refractivity contribution in [3.63, 3.8) is 0 Å². The maximum absolute atomic E-state index is 13.0. The van der Waals surface area contributed by atoms with Crippen LogP contribution in [0.25, 0.3) is 10.8 Å². The molecule has 0 aliphatic carbocycles. The number of cyclic esters (lactones) is 2. The van der Waals surface area contributed by atoms with E-state index in [0.29, 0.717) is 28.4 Å². The summed E-state index contributed by atoms with van der Waals surface area (Å²) >= 11 is 0. The van der Waals surface area contributed by atoms with Gasteiger partial charge in [0.05, 0.1) is 11.1 Å². The summed E-state index contributed by atoms with van der Waals surface area (Å²) in [4.78, 5) is 51.3. The molecule has 0 radical (unpaired) electrons. The number of carbonyl (C=O) groups excluding carboxylic acids is 4. The summed E-state index contributed by atoms with van der Waals surface area (Å²) in [6, 6.07) is 6.05. The zero-order chi connectivity index (χ0) is 18.6. The van der Waals surface area contributed by atoms with Gasteiger partial charge in [-0.2, -0.15) is 0 Å². The number of hydrogen-bond donors (Lipinski definition) is 0. The highest BCUT2D eigenvalue weighted by Crippen LogP contribution is 2.37. The third-order valence-electron chi connectivity index (χ3n) is 5.33. The predicted octanol–water partition coefficient (Wildman–Crippen LogP) is 3.18. The van der Waals surface area contributed by atoms with Gasteiger partial charge < -0.3 is 4.74 Å². The number of nitrogens with zero attached hydrogens (tertiary/aromatic N) is 1. The van der Waals surface area contributed by atoms with E-state index in [1.807, 2.05) is 13.8 Å². The Labute approximate surface area is 149 Å². The topological polar surface area (TPSA) is 80.8 Å². The quantitative estimate of drug-likeness (QED) is 0.480. The number of imide groups is 1. The molecule has 4 rings (SSSR count). The van der Waals surface area contributed by atoms with Gasteiger partial charge in [0.15, 0.2) is 0 Å². The van der Waals surface area contributed by atoms with Crippen LogP contribution in [0.2, 0.25) is 0 Å². The van der Waals surface area contributed by atoms with Crippen LogP contribution in [0, 0.1) is 5.92 Å². The molecule has 2 aliphatic rings. The molecule has 0 atom stereocenters. The van der Waals surface area contributed by atoms with Crippen LogP contribution in [-0.4, -0.2) is 35.2 Å². The van der Waals surface area contributed by atoms with Crippen LogP contribution >= 0.6 is 0 Å². The van der Waals surface area contributed by atoms with E-state index in [2.05, 4.69) is 0 Å². The van der Waals surface area contributed by atoms with Gasteiger partial charge in [-0.1, -0.05) is 26.7 Å². The third-order valence-corrected chi connectivity index (χ3v) is 5.33. The average Bonchev–Trinajstić information content (AvgIpc) is 2.64. The molecule has 0 bridgehead atoms. The van der Waals surface area contributed by atoms with Crippen molar-refractivity contribution in [2.24, 2.45) is 5.92 Å². The van der Waals surface area contributed by atoms with Crippen LogP contribution in [-0.2, 0) is 4.74 Å². The van der Waals surface area contributed by atoms with Gasteiger partial charge in [0.1, 0.15) is 0 Å². The monoisotopic (exact) mass is 351 g/mol. The molecular formula is C20H17NO5. The standard InChI is InChI=1S/C20H17NO5/c1-3-10(4-2)9-21-17(22)11-5-7-13-16-14(20(25)26-19(13)24)8-6-12(15(11)16)18(21)23/h5-8,10H,3-4,9H2,1-2H3. The van der Waals surface area contributed by atoms with Gasteiger partial charge in [0.25, 0.3) is 11.8 Å². The summed E-state index contributed by atoms with van der Waals surface area (Å²) < 4.78 is 4.73. The first-order valence-corrected chi connectivity index (χ1v) is 8.70. The van der Waals surface area contributed by atoms with Gasteiger partial charge in [-0.25, -0.2) is 9.59 Å². The molecular weight excluding hydrogens is 334 g/mol. The smallest absolute Gasteiger partial charge is 0.346 e. The van der Waals surface area contributed by atoms with E-state index in [9.17, 15) is 19.2 Å². The Bertz CT molecular complexity index is 934. The minimum atomic E-state index is -0.759. The van der Waals surface area contributed by atoms with Crippen molar-refractivity contribution in [3.8, 4) is 0 Å². The van der Waals surface area contributed by atoms with Gasteiger partial charge in [0, 0.05) is 28.4 Å². The number of ether oxygens (including phenoxy) is 1. The van der Waals surface area contributed by atoms with Crippen molar-refractivity contribution in [2.75, 3.05) is 6.54 Å². The third kappa shape index (κ3) is 2.11. The van der Waals surface area contributed by atoms with E-state index in [4.69, 9.17) is 4.74 Å². The van der Waals surface area contributed by atoms with Crippen LogP contribution in [0.15, 0.2) is 24.3 Å². The Balaban J connectivity index is 1.95. The minimum absolute atomic E-state index is 0.203. The molecule has 2 aliphatic heterocycles. The second-order valence-electron chi connectivity index (χ2n) is 6.65. The Kier molecular flexibility index (Phi) is 3.64. The Morgan fingerprint density at radius 1 is 0.769 bits per heavy atom. The van der Waals surface area contributed by atoms with E-state index >= 15 is 0 Å². The number of amides is 2. The summed E-state index contributed by atoms with van der Waals surface area (Å²) in [6.45, 7) is 4.42. The molecule has 0 spiro atoms. The molecule has 0 saturated heterocycles. The summed E-state index contributed by atoms with van der Waals surface area (Å²) in [6.07, 6.45) is 1.74. The molecule has 2 heterocycles. The molecule has 0 unspecified atom stereocenters. The highest BCUT2D eigenvalue weighted by molar-refractivity contribution is 6.31. The minimum Gasteiger partial charge on any atom is -0.386 e. The second-order valence-corrected chi connectivity index (χ2v) is 6.65. The summed E-state index contributed by atoms with van der Waals surface area (Å²) in [7, 11) is 0. The first kappa shape index (κ1) is 16.4. The lowest BCUT2D eigenvalue weighted by molar-refractivity contribution is 0.0388. The molecule has 2 aromatic carbocycles. The molecule has 2 amide bonds. The van der Waals surface area contributed by atoms with Gasteiger partial charge >= 0.3 is 11.9 Å². The maximum Gasteiger partial charge on any atom is 0.346 e. The first-order chi connectivity index (χ1) is 12.5. The highest BCUT2D eigenvalue weighted by Gasteiger charge is 2.38. The molecule has 0 saturated carbocycles. The summed E-state index contributed by atoms with van der Waals surface area (Å²) in [5.41, 5.74) is 1.09. The SMILES string of the molecule is CCC(CC)CN1C(=O)c2ccc3c4c(ccc(c24)C1=O)C(=O)OC3=O. The zero-order valence-corrected chi connectivity index (χ0v) is 14.5. The highest BCUT2D eigenvalue weighted by atomic mass is 16.6. The first-order valence-electron chi connectivity index (χ1n) is 8.70. The van der Waals surface area contributed by atoms with Gasteiger partial charge in [-0.15, -0.1) is 0 Å². The number of esters is 2. The second kappa shape index (κ2) is 5.76. The molecule has 0 aromatic heterocycles. The average molecular weight is 351 g/mol. The Morgan fingerprint density at radius 3 is 1.65 bits per heavy atom. The van der Waals surface area contributed by atoms with E-state index in [1.165, 1.54) is 29.2 Å². The largest absolute Gasteiger partial charge is 0.386 e. The van der Waals surface area contributed by atoms with Crippen molar-refractivity contribution in [2.45, 2.75) is 26.7 Å². The number of benzene rings is 2. The van der Waals surface area contributed by atoms with E-state index in [1.54, 1.807) is 0 Å². The van der Waals surface area contributed by atoms with Crippen LogP contribution in [0.5, 0.6) is 0 Å². The lowest BCUT2D eigenvalue weighted by Crippen LogP contribution is -2.43. The van der Waals surface area contributed by atoms with Crippen molar-refractivity contribution < 1.29 is 23.9 Å². The molecule has 0 N–H and O–H groups in total. The van der Waals surface area contributed by atoms with Gasteiger partial charge in [-0.05, 0) is 30.2 Å². The van der Waals surface area contributed by atoms with Crippen molar-refractivity contribution in [3.05, 3.63) is 46.5 Å².